The van der Waals surface area contributed by atoms with Gasteiger partial charge in [-0.25, -0.2) is 0 Å². The Balaban J connectivity index is 0.000000179. The monoisotopic (exact) mass is 391 g/mol. The lowest BCUT2D eigenvalue weighted by Crippen LogP contribution is -2.21. The molecule has 3 heterocycles. The van der Waals surface area contributed by atoms with Crippen LogP contribution in [0.2, 0.25) is 0 Å². The Kier molecular flexibility index (Phi) is 8.47. The number of hydrogen-bond acceptors (Lipinski definition) is 6. The summed E-state index contributed by atoms with van der Waals surface area (Å²) in [6.07, 6.45) is 3.14. The van der Waals surface area contributed by atoms with Crippen molar-refractivity contribution in [2.75, 3.05) is 19.8 Å². The number of aryl methyl sites for hydroxylation is 1. The first-order valence-corrected chi connectivity index (χ1v) is 9.64. The molecule has 0 radical (unpaired) electrons. The van der Waals surface area contributed by atoms with Crippen LogP contribution in [-0.2, 0) is 25.5 Å². The molecule has 1 aromatic heterocycles. The Labute approximate surface area is 164 Å². The number of rotatable bonds is 3. The number of benzene rings is 1. The molecule has 2 atom stereocenters. The number of aromatic hydroxyl groups is 1. The fourth-order valence-corrected chi connectivity index (χ4v) is 3.33. The second kappa shape index (κ2) is 10.8. The summed E-state index contributed by atoms with van der Waals surface area (Å²) in [5.74, 6) is 0.0975. The first-order chi connectivity index (χ1) is 13.5. The molecule has 2 aromatic rings. The maximum absolute atomic E-state index is 11.8. The molecule has 2 aliphatic heterocycles. The van der Waals surface area contributed by atoms with E-state index in [-0.39, 0.29) is 11.3 Å². The van der Waals surface area contributed by atoms with E-state index in [1.165, 1.54) is 0 Å². The number of aromatic nitrogens is 1. The van der Waals surface area contributed by atoms with Gasteiger partial charge in [-0.15, -0.1) is 0 Å². The number of hydrogen-bond donors (Lipinski definition) is 1. The molecule has 1 aromatic carbocycles. The summed E-state index contributed by atoms with van der Waals surface area (Å²) in [7, 11) is 0. The van der Waals surface area contributed by atoms with Gasteiger partial charge in [0.05, 0.1) is 29.9 Å². The lowest BCUT2D eigenvalue weighted by atomic mass is 10.1. The first kappa shape index (κ1) is 21.9. The van der Waals surface area contributed by atoms with Gasteiger partial charge in [0.1, 0.15) is 5.75 Å². The van der Waals surface area contributed by atoms with Gasteiger partial charge < -0.3 is 23.9 Å². The predicted molar refractivity (Wildman–Crippen MR) is 107 cm³/mol. The number of ether oxygens (including phenoxy) is 3. The van der Waals surface area contributed by atoms with Crippen molar-refractivity contribution in [1.82, 2.24) is 4.57 Å². The van der Waals surface area contributed by atoms with E-state index in [0.29, 0.717) is 37.4 Å². The van der Waals surface area contributed by atoms with Crippen LogP contribution in [0.1, 0.15) is 32.3 Å². The molecule has 2 aliphatic rings. The van der Waals surface area contributed by atoms with Crippen LogP contribution >= 0.6 is 0 Å². The van der Waals surface area contributed by atoms with Crippen molar-refractivity contribution in [3.8, 4) is 5.75 Å². The van der Waals surface area contributed by atoms with E-state index in [1.807, 2.05) is 31.2 Å². The van der Waals surface area contributed by atoms with Crippen molar-refractivity contribution in [3.63, 3.8) is 0 Å². The molecule has 154 valence electrons. The fraction of sp³-hybridized carbons (Fsp3) is 0.524. The number of nitrogens with zero attached hydrogens (tertiary/aromatic N) is 1. The highest BCUT2D eigenvalue weighted by atomic mass is 16.6. The van der Waals surface area contributed by atoms with Crippen LogP contribution in [0, 0.1) is 6.92 Å². The number of carbonyl (C=O) groups excluding carboxylic acids is 1. The molecule has 0 aliphatic carbocycles. The van der Waals surface area contributed by atoms with Crippen molar-refractivity contribution in [3.05, 3.63) is 40.2 Å². The van der Waals surface area contributed by atoms with E-state index in [4.69, 9.17) is 9.47 Å². The molecule has 0 saturated carbocycles. The summed E-state index contributed by atoms with van der Waals surface area (Å²) in [6.45, 7) is 8.67. The lowest BCUT2D eigenvalue weighted by Gasteiger charge is -2.11. The summed E-state index contributed by atoms with van der Waals surface area (Å²) < 4.78 is 16.5. The highest BCUT2D eigenvalue weighted by molar-refractivity contribution is 5.86. The molecule has 1 N–H and O–H groups in total. The Morgan fingerprint density at radius 1 is 1.18 bits per heavy atom. The third-order valence-corrected chi connectivity index (χ3v) is 4.81. The van der Waals surface area contributed by atoms with Crippen molar-refractivity contribution in [2.45, 2.75) is 52.4 Å². The summed E-state index contributed by atoms with van der Waals surface area (Å²) >= 11 is 0. The highest BCUT2D eigenvalue weighted by Crippen LogP contribution is 2.26. The van der Waals surface area contributed by atoms with E-state index in [9.17, 15) is 14.7 Å². The zero-order valence-electron chi connectivity index (χ0n) is 16.7. The fourth-order valence-electron chi connectivity index (χ4n) is 3.33. The van der Waals surface area contributed by atoms with Gasteiger partial charge in [-0.2, -0.15) is 0 Å². The molecule has 0 bridgehead atoms. The molecular formula is C21H29NO6. The molecule has 7 nitrogen and oxygen atoms in total. The SMILES string of the molecule is C1C[C@H]2OCC[C@H]2O1.CCOC=O.CCn1c(=O)c(C)c(O)c2ccccc21. The Morgan fingerprint density at radius 2 is 1.79 bits per heavy atom. The van der Waals surface area contributed by atoms with Gasteiger partial charge in [0.15, 0.2) is 0 Å². The average molecular weight is 391 g/mol. The first-order valence-electron chi connectivity index (χ1n) is 9.64. The maximum Gasteiger partial charge on any atom is 0.293 e. The van der Waals surface area contributed by atoms with Gasteiger partial charge in [-0.1, -0.05) is 12.1 Å². The second-order valence-corrected chi connectivity index (χ2v) is 6.49. The lowest BCUT2D eigenvalue weighted by molar-refractivity contribution is -0.128. The minimum atomic E-state index is -0.117. The van der Waals surface area contributed by atoms with Gasteiger partial charge in [-0.05, 0) is 45.7 Å². The molecular weight excluding hydrogens is 362 g/mol. The summed E-state index contributed by atoms with van der Waals surface area (Å²) in [4.78, 5) is 21.0. The largest absolute Gasteiger partial charge is 0.507 e. The zero-order chi connectivity index (χ0) is 20.5. The molecule has 0 unspecified atom stereocenters. The quantitative estimate of drug-likeness (QED) is 0.810. The number of pyridine rings is 1. The van der Waals surface area contributed by atoms with Crippen LogP contribution in [0.3, 0.4) is 0 Å². The van der Waals surface area contributed by atoms with E-state index >= 15 is 0 Å². The molecule has 4 rings (SSSR count). The zero-order valence-corrected chi connectivity index (χ0v) is 16.7. The summed E-state index contributed by atoms with van der Waals surface area (Å²) in [5.41, 5.74) is 1.08. The van der Waals surface area contributed by atoms with Crippen LogP contribution in [-0.4, -0.2) is 48.2 Å². The average Bonchev–Trinajstić information content (AvgIpc) is 3.34. The van der Waals surface area contributed by atoms with Crippen LogP contribution < -0.4 is 5.56 Å². The number of carbonyl (C=O) groups is 1. The van der Waals surface area contributed by atoms with E-state index in [0.717, 1.165) is 37.0 Å². The van der Waals surface area contributed by atoms with Crippen LogP contribution in [0.4, 0.5) is 0 Å². The highest BCUT2D eigenvalue weighted by Gasteiger charge is 2.33. The Morgan fingerprint density at radius 3 is 2.29 bits per heavy atom. The van der Waals surface area contributed by atoms with Gasteiger partial charge in [-0.3, -0.25) is 9.59 Å². The van der Waals surface area contributed by atoms with E-state index in [2.05, 4.69) is 4.74 Å². The molecule has 28 heavy (non-hydrogen) atoms. The van der Waals surface area contributed by atoms with Gasteiger partial charge >= 0.3 is 0 Å². The van der Waals surface area contributed by atoms with Crippen LogP contribution in [0.15, 0.2) is 29.1 Å². The Hall–Kier alpha value is -2.38. The topological polar surface area (TPSA) is 87.0 Å². The molecule has 2 fully saturated rings. The molecule has 0 spiro atoms. The van der Waals surface area contributed by atoms with Gasteiger partial charge in [0, 0.05) is 25.1 Å². The predicted octanol–water partition coefficient (Wildman–Crippen LogP) is 2.78. The standard InChI is InChI=1S/C12H13NO2.C6H10O2.C3H6O2/c1-3-13-10-7-5-4-6-9(10)11(14)8(2)12(13)15;1-3-7-6-2-4-8-5(1)6;1-2-5-3-4/h4-7,14H,3H2,1-2H3;5-6H,1-4H2;3H,2H2,1H3/t;5-,6-;/m.1./s1. The third kappa shape index (κ3) is 5.11. The van der Waals surface area contributed by atoms with Crippen LogP contribution in [0.5, 0.6) is 5.75 Å². The Bertz CT molecular complexity index is 811. The van der Waals surface area contributed by atoms with Crippen molar-refractivity contribution < 1.29 is 24.1 Å². The van der Waals surface area contributed by atoms with Crippen molar-refractivity contribution in [1.29, 1.82) is 0 Å². The molecule has 2 saturated heterocycles. The number of para-hydroxylation sites is 1. The van der Waals surface area contributed by atoms with Gasteiger partial charge in [0.25, 0.3) is 12.0 Å². The van der Waals surface area contributed by atoms with E-state index in [1.54, 1.807) is 18.4 Å². The van der Waals surface area contributed by atoms with Crippen molar-refractivity contribution >= 4 is 17.4 Å². The minimum absolute atomic E-state index is 0.0975. The summed E-state index contributed by atoms with van der Waals surface area (Å²) in [5, 5.41) is 10.6. The van der Waals surface area contributed by atoms with Crippen molar-refractivity contribution in [2.24, 2.45) is 0 Å². The smallest absolute Gasteiger partial charge is 0.293 e. The minimum Gasteiger partial charge on any atom is -0.507 e. The van der Waals surface area contributed by atoms with Crippen LogP contribution in [0.25, 0.3) is 10.9 Å². The number of fused-ring (bicyclic) bond motifs is 2. The van der Waals surface area contributed by atoms with Gasteiger partial charge in [0.2, 0.25) is 0 Å². The summed E-state index contributed by atoms with van der Waals surface area (Å²) in [6, 6.07) is 7.39. The maximum atomic E-state index is 11.8. The third-order valence-electron chi connectivity index (χ3n) is 4.81. The normalized spacial score (nSPS) is 19.8. The van der Waals surface area contributed by atoms with E-state index < -0.39 is 0 Å². The second-order valence-electron chi connectivity index (χ2n) is 6.49. The molecule has 7 heteroatoms. The molecule has 0 amide bonds.